The van der Waals surface area contributed by atoms with E-state index in [-0.39, 0.29) is 6.10 Å². The first kappa shape index (κ1) is 13.6. The zero-order chi connectivity index (χ0) is 14.9. The molecule has 116 valence electrons. The molecule has 22 heavy (non-hydrogen) atoms. The quantitative estimate of drug-likeness (QED) is 0.849. The van der Waals surface area contributed by atoms with E-state index in [1.165, 1.54) is 24.8 Å². The largest absolute Gasteiger partial charge is 0.486 e. The van der Waals surface area contributed by atoms with Crippen LogP contribution in [0.1, 0.15) is 43.6 Å². The zero-order valence-corrected chi connectivity index (χ0v) is 12.9. The minimum absolute atomic E-state index is 0.201. The Balaban J connectivity index is 1.34. The van der Waals surface area contributed by atoms with Gasteiger partial charge in [-0.3, -0.25) is 0 Å². The maximum absolute atomic E-state index is 6.08. The molecule has 5 heteroatoms. The molecule has 0 atom stereocenters. The number of aryl methyl sites for hydroxylation is 1. The molecule has 1 aromatic heterocycles. The molecule has 0 N–H and O–H groups in total. The minimum atomic E-state index is 0.201. The standard InChI is InChI=1S/C17H21N3O2/c1-2-12-6-3-4-9-15(12)21-14-10-20(11-14)17-19-18-16(22-17)13-7-5-8-13/h3-4,6,9,13-14H,2,5,7-8,10-11H2,1H3. The predicted octanol–water partition coefficient (Wildman–Crippen LogP) is 3.17. The lowest BCUT2D eigenvalue weighted by Gasteiger charge is -2.37. The molecule has 1 aliphatic heterocycles. The van der Waals surface area contributed by atoms with Gasteiger partial charge in [0.05, 0.1) is 13.1 Å². The normalized spacial score (nSPS) is 18.9. The highest BCUT2D eigenvalue weighted by atomic mass is 16.5. The van der Waals surface area contributed by atoms with Gasteiger partial charge in [0.2, 0.25) is 5.89 Å². The van der Waals surface area contributed by atoms with Gasteiger partial charge in [0.1, 0.15) is 11.9 Å². The number of anilines is 1. The number of rotatable bonds is 5. The maximum Gasteiger partial charge on any atom is 0.318 e. The number of nitrogens with zero attached hydrogens (tertiary/aromatic N) is 3. The van der Waals surface area contributed by atoms with E-state index in [2.05, 4.69) is 34.2 Å². The topological polar surface area (TPSA) is 51.4 Å². The van der Waals surface area contributed by atoms with Crippen LogP contribution in [0.5, 0.6) is 5.75 Å². The van der Waals surface area contributed by atoms with Crippen molar-refractivity contribution >= 4 is 6.01 Å². The third-order valence-electron chi connectivity index (χ3n) is 4.65. The highest BCUT2D eigenvalue weighted by Crippen LogP contribution is 2.36. The molecule has 2 aliphatic rings. The van der Waals surface area contributed by atoms with Gasteiger partial charge in [0, 0.05) is 5.92 Å². The van der Waals surface area contributed by atoms with Crippen LogP contribution in [0.15, 0.2) is 28.7 Å². The number of hydrogen-bond donors (Lipinski definition) is 0. The van der Waals surface area contributed by atoms with E-state index >= 15 is 0 Å². The molecule has 0 unspecified atom stereocenters. The maximum atomic E-state index is 6.08. The average Bonchev–Trinajstić information content (AvgIpc) is 2.89. The molecule has 0 amide bonds. The fourth-order valence-corrected chi connectivity index (χ4v) is 2.93. The molecule has 4 rings (SSSR count). The molecule has 1 aromatic carbocycles. The van der Waals surface area contributed by atoms with Crippen molar-refractivity contribution in [1.29, 1.82) is 0 Å². The van der Waals surface area contributed by atoms with Crippen molar-refractivity contribution in [3.8, 4) is 5.75 Å². The number of benzene rings is 1. The third-order valence-corrected chi connectivity index (χ3v) is 4.65. The van der Waals surface area contributed by atoms with Crippen LogP contribution < -0.4 is 9.64 Å². The van der Waals surface area contributed by atoms with E-state index < -0.39 is 0 Å². The van der Waals surface area contributed by atoms with Gasteiger partial charge in [-0.25, -0.2) is 0 Å². The van der Waals surface area contributed by atoms with Crippen molar-refractivity contribution in [1.82, 2.24) is 10.2 Å². The molecule has 1 saturated heterocycles. The van der Waals surface area contributed by atoms with Crippen LogP contribution >= 0.6 is 0 Å². The summed E-state index contributed by atoms with van der Waals surface area (Å²) in [4.78, 5) is 2.09. The van der Waals surface area contributed by atoms with E-state index in [9.17, 15) is 0 Å². The van der Waals surface area contributed by atoms with Crippen LogP contribution in [0.25, 0.3) is 0 Å². The van der Waals surface area contributed by atoms with Gasteiger partial charge in [0.25, 0.3) is 0 Å². The molecule has 0 spiro atoms. The fourth-order valence-electron chi connectivity index (χ4n) is 2.93. The average molecular weight is 299 g/mol. The number of hydrogen-bond acceptors (Lipinski definition) is 5. The predicted molar refractivity (Wildman–Crippen MR) is 83.3 cm³/mol. The van der Waals surface area contributed by atoms with Crippen molar-refractivity contribution in [3.05, 3.63) is 35.7 Å². The summed E-state index contributed by atoms with van der Waals surface area (Å²) >= 11 is 0. The Labute approximate surface area is 130 Å². The zero-order valence-electron chi connectivity index (χ0n) is 12.9. The summed E-state index contributed by atoms with van der Waals surface area (Å²) in [5, 5.41) is 8.35. The summed E-state index contributed by atoms with van der Waals surface area (Å²) in [7, 11) is 0. The van der Waals surface area contributed by atoms with Crippen LogP contribution in [0.3, 0.4) is 0 Å². The molecule has 1 aliphatic carbocycles. The van der Waals surface area contributed by atoms with E-state index in [1.807, 2.05) is 12.1 Å². The Morgan fingerprint density at radius 3 is 2.77 bits per heavy atom. The Bertz CT molecular complexity index is 645. The van der Waals surface area contributed by atoms with Gasteiger partial charge < -0.3 is 14.1 Å². The Kier molecular flexibility index (Phi) is 3.48. The number of ether oxygens (including phenoxy) is 1. The monoisotopic (exact) mass is 299 g/mol. The molecule has 2 fully saturated rings. The van der Waals surface area contributed by atoms with E-state index in [0.29, 0.717) is 11.9 Å². The second-order valence-corrected chi connectivity index (χ2v) is 6.16. The first-order valence-electron chi connectivity index (χ1n) is 8.16. The molecule has 1 saturated carbocycles. The van der Waals surface area contributed by atoms with E-state index in [0.717, 1.165) is 31.2 Å². The smallest absolute Gasteiger partial charge is 0.318 e. The summed E-state index contributed by atoms with van der Waals surface area (Å²) in [6, 6.07) is 8.88. The molecule has 0 bridgehead atoms. The van der Waals surface area contributed by atoms with Gasteiger partial charge in [-0.15, -0.1) is 5.10 Å². The summed E-state index contributed by atoms with van der Waals surface area (Å²) in [5.41, 5.74) is 1.26. The first-order valence-corrected chi connectivity index (χ1v) is 8.16. The lowest BCUT2D eigenvalue weighted by atomic mass is 9.85. The molecule has 5 nitrogen and oxygen atoms in total. The SMILES string of the molecule is CCc1ccccc1OC1CN(c2nnc(C3CCC3)o2)C1. The van der Waals surface area contributed by atoms with Crippen LogP contribution in [0.4, 0.5) is 6.01 Å². The molecule has 2 heterocycles. The van der Waals surface area contributed by atoms with E-state index in [4.69, 9.17) is 9.15 Å². The summed E-state index contributed by atoms with van der Waals surface area (Å²) in [6.07, 6.45) is 4.83. The fraction of sp³-hybridized carbons (Fsp3) is 0.529. The first-order chi connectivity index (χ1) is 10.8. The van der Waals surface area contributed by atoms with Gasteiger partial charge in [-0.1, -0.05) is 36.6 Å². The highest BCUT2D eigenvalue weighted by molar-refractivity contribution is 5.36. The van der Waals surface area contributed by atoms with Crippen LogP contribution in [-0.2, 0) is 6.42 Å². The van der Waals surface area contributed by atoms with Crippen LogP contribution in [0.2, 0.25) is 0 Å². The number of aromatic nitrogens is 2. The van der Waals surface area contributed by atoms with Gasteiger partial charge >= 0.3 is 6.01 Å². The highest BCUT2D eigenvalue weighted by Gasteiger charge is 2.34. The summed E-state index contributed by atoms with van der Waals surface area (Å²) in [6.45, 7) is 3.77. The van der Waals surface area contributed by atoms with E-state index in [1.54, 1.807) is 0 Å². The Morgan fingerprint density at radius 1 is 1.23 bits per heavy atom. The van der Waals surface area contributed by atoms with Crippen molar-refractivity contribution in [3.63, 3.8) is 0 Å². The van der Waals surface area contributed by atoms with Crippen molar-refractivity contribution in [2.24, 2.45) is 0 Å². The Morgan fingerprint density at radius 2 is 2.05 bits per heavy atom. The second kappa shape index (κ2) is 5.63. The minimum Gasteiger partial charge on any atom is -0.486 e. The summed E-state index contributed by atoms with van der Waals surface area (Å²) < 4.78 is 11.9. The van der Waals surface area contributed by atoms with Gasteiger partial charge in [0.15, 0.2) is 0 Å². The molecule has 2 aromatic rings. The van der Waals surface area contributed by atoms with Crippen molar-refractivity contribution < 1.29 is 9.15 Å². The molecule has 0 radical (unpaired) electrons. The molecular weight excluding hydrogens is 278 g/mol. The molecular formula is C17H21N3O2. The van der Waals surface area contributed by atoms with Crippen LogP contribution in [0, 0.1) is 0 Å². The lowest BCUT2D eigenvalue weighted by molar-refractivity contribution is 0.160. The van der Waals surface area contributed by atoms with Crippen molar-refractivity contribution in [2.45, 2.75) is 44.6 Å². The second-order valence-electron chi connectivity index (χ2n) is 6.16. The third kappa shape index (κ3) is 2.45. The van der Waals surface area contributed by atoms with Gasteiger partial charge in [-0.2, -0.15) is 0 Å². The van der Waals surface area contributed by atoms with Gasteiger partial charge in [-0.05, 0) is 30.9 Å². The summed E-state index contributed by atoms with van der Waals surface area (Å²) in [5.74, 6) is 2.29. The van der Waals surface area contributed by atoms with Crippen molar-refractivity contribution in [2.75, 3.05) is 18.0 Å². The Hall–Kier alpha value is -2.04. The van der Waals surface area contributed by atoms with Crippen LogP contribution in [-0.4, -0.2) is 29.4 Å². The lowest BCUT2D eigenvalue weighted by Crippen LogP contribution is -2.54. The number of para-hydroxylation sites is 1.